The molecular weight excluding hydrogens is 320 g/mol. The monoisotopic (exact) mass is 340 g/mol. The van der Waals surface area contributed by atoms with Crippen LogP contribution < -0.4 is 0 Å². The van der Waals surface area contributed by atoms with E-state index in [1.807, 2.05) is 0 Å². The molecule has 0 saturated heterocycles. The second-order valence-corrected chi connectivity index (χ2v) is 7.91. The van der Waals surface area contributed by atoms with Gasteiger partial charge in [0.25, 0.3) is 0 Å². The van der Waals surface area contributed by atoms with Gasteiger partial charge in [-0.15, -0.1) is 0 Å². The maximum Gasteiger partial charge on any atom is 0.500 e. The summed E-state index contributed by atoms with van der Waals surface area (Å²) in [5.74, 6) is -6.25. The molecule has 0 aromatic heterocycles. The normalized spacial score (nSPS) is 12.0. The van der Waals surface area contributed by atoms with Gasteiger partial charge >= 0.3 is 8.80 Å². The van der Waals surface area contributed by atoms with Gasteiger partial charge in [-0.1, -0.05) is 6.42 Å². The van der Waals surface area contributed by atoms with Crippen LogP contribution in [0.3, 0.4) is 0 Å². The molecule has 0 fully saturated rings. The number of rotatable bonds is 9. The number of halogens is 4. The first-order valence-corrected chi connectivity index (χ1v) is 8.81. The SMILES string of the molecule is CO[Si](CCCCCc1cc(F)c(F)c(F)c1F)(OC)OC. The van der Waals surface area contributed by atoms with Crippen molar-refractivity contribution in [2.24, 2.45) is 0 Å². The number of hydrogen-bond acceptors (Lipinski definition) is 3. The van der Waals surface area contributed by atoms with E-state index in [2.05, 4.69) is 0 Å². The topological polar surface area (TPSA) is 27.7 Å². The van der Waals surface area contributed by atoms with Crippen molar-refractivity contribution in [3.8, 4) is 0 Å². The average molecular weight is 340 g/mol. The summed E-state index contributed by atoms with van der Waals surface area (Å²) in [6, 6.07) is 1.29. The highest BCUT2D eigenvalue weighted by Gasteiger charge is 2.36. The standard InChI is InChI=1S/C14H20F4O3Si/c1-19-22(20-2,21-3)8-6-4-5-7-10-9-11(15)13(17)14(18)12(10)16/h9H,4-8H2,1-3H3. The molecule has 1 aromatic rings. The van der Waals surface area contributed by atoms with Gasteiger partial charge in [-0.2, -0.15) is 0 Å². The van der Waals surface area contributed by atoms with E-state index in [0.29, 0.717) is 31.4 Å². The van der Waals surface area contributed by atoms with Crippen LogP contribution in [0.2, 0.25) is 6.04 Å². The molecule has 0 heterocycles. The Labute approximate surface area is 128 Å². The minimum Gasteiger partial charge on any atom is -0.377 e. The molecule has 0 bridgehead atoms. The van der Waals surface area contributed by atoms with Crippen molar-refractivity contribution in [3.05, 3.63) is 34.9 Å². The fourth-order valence-corrected chi connectivity index (χ4v) is 3.99. The van der Waals surface area contributed by atoms with Gasteiger partial charge in [-0.05, 0) is 30.9 Å². The highest BCUT2D eigenvalue weighted by atomic mass is 28.4. The maximum absolute atomic E-state index is 13.5. The molecule has 1 rings (SSSR count). The molecule has 0 radical (unpaired) electrons. The van der Waals surface area contributed by atoms with Crippen molar-refractivity contribution in [1.29, 1.82) is 0 Å². The summed E-state index contributed by atoms with van der Waals surface area (Å²) in [4.78, 5) is 0. The zero-order valence-corrected chi connectivity index (χ0v) is 13.8. The van der Waals surface area contributed by atoms with Gasteiger partial charge < -0.3 is 13.3 Å². The highest BCUT2D eigenvalue weighted by Crippen LogP contribution is 2.22. The van der Waals surface area contributed by atoms with E-state index >= 15 is 0 Å². The molecule has 0 amide bonds. The van der Waals surface area contributed by atoms with Gasteiger partial charge in [0.15, 0.2) is 23.3 Å². The fourth-order valence-electron chi connectivity index (χ4n) is 2.19. The van der Waals surface area contributed by atoms with Gasteiger partial charge in [0.05, 0.1) is 0 Å². The Morgan fingerprint density at radius 1 is 0.818 bits per heavy atom. The minimum absolute atomic E-state index is 0.126. The Balaban J connectivity index is 2.49. The number of unbranched alkanes of at least 4 members (excludes halogenated alkanes) is 2. The van der Waals surface area contributed by atoms with Crippen molar-refractivity contribution in [2.75, 3.05) is 21.3 Å². The zero-order valence-electron chi connectivity index (χ0n) is 12.8. The Morgan fingerprint density at radius 2 is 1.41 bits per heavy atom. The molecule has 0 aliphatic heterocycles. The smallest absolute Gasteiger partial charge is 0.377 e. The third-order valence-electron chi connectivity index (χ3n) is 3.54. The lowest BCUT2D eigenvalue weighted by atomic mass is 10.1. The molecule has 1 aromatic carbocycles. The second kappa shape index (κ2) is 8.61. The molecule has 22 heavy (non-hydrogen) atoms. The Hall–Kier alpha value is -0.963. The van der Waals surface area contributed by atoms with Crippen LogP contribution in [0, 0.1) is 23.3 Å². The van der Waals surface area contributed by atoms with Crippen LogP contribution in [-0.4, -0.2) is 30.1 Å². The van der Waals surface area contributed by atoms with Gasteiger partial charge in [0.1, 0.15) is 0 Å². The molecule has 0 aliphatic carbocycles. The minimum atomic E-state index is -2.63. The second-order valence-electron chi connectivity index (χ2n) is 4.82. The summed E-state index contributed by atoms with van der Waals surface area (Å²) in [6.45, 7) is 0. The van der Waals surface area contributed by atoms with Crippen molar-refractivity contribution < 1.29 is 30.8 Å². The third-order valence-corrected chi connectivity index (χ3v) is 6.37. The lowest BCUT2D eigenvalue weighted by Crippen LogP contribution is -2.42. The molecule has 0 N–H and O–H groups in total. The van der Waals surface area contributed by atoms with Crippen molar-refractivity contribution in [3.63, 3.8) is 0 Å². The Morgan fingerprint density at radius 3 is 1.95 bits per heavy atom. The van der Waals surface area contributed by atoms with E-state index in [4.69, 9.17) is 13.3 Å². The number of benzene rings is 1. The molecule has 8 heteroatoms. The highest BCUT2D eigenvalue weighted by molar-refractivity contribution is 6.60. The van der Waals surface area contributed by atoms with Crippen LogP contribution in [0.15, 0.2) is 6.07 Å². The molecule has 0 atom stereocenters. The van der Waals surface area contributed by atoms with E-state index in [-0.39, 0.29) is 12.0 Å². The molecule has 0 saturated carbocycles. The van der Waals surface area contributed by atoms with E-state index < -0.39 is 32.1 Å². The molecule has 0 spiro atoms. The maximum atomic E-state index is 13.5. The molecule has 3 nitrogen and oxygen atoms in total. The lowest BCUT2D eigenvalue weighted by Gasteiger charge is -2.24. The quantitative estimate of drug-likeness (QED) is 0.225. The van der Waals surface area contributed by atoms with Crippen LogP contribution in [0.4, 0.5) is 17.6 Å². The number of hydrogen-bond donors (Lipinski definition) is 0. The van der Waals surface area contributed by atoms with E-state index in [0.717, 1.165) is 0 Å². The zero-order chi connectivity index (χ0) is 16.8. The Kier molecular flexibility index (Phi) is 7.47. The van der Waals surface area contributed by atoms with Crippen molar-refractivity contribution in [1.82, 2.24) is 0 Å². The summed E-state index contributed by atoms with van der Waals surface area (Å²) in [6.07, 6.45) is 2.00. The van der Waals surface area contributed by atoms with Crippen LogP contribution in [0.25, 0.3) is 0 Å². The van der Waals surface area contributed by atoms with Gasteiger partial charge in [0.2, 0.25) is 0 Å². The fraction of sp³-hybridized carbons (Fsp3) is 0.571. The van der Waals surface area contributed by atoms with E-state index in [9.17, 15) is 17.6 Å². The summed E-state index contributed by atoms with van der Waals surface area (Å²) >= 11 is 0. The third kappa shape index (κ3) is 4.51. The first-order valence-electron chi connectivity index (χ1n) is 6.88. The average Bonchev–Trinajstić information content (AvgIpc) is 2.54. The molecule has 0 unspecified atom stereocenters. The van der Waals surface area contributed by atoms with Crippen LogP contribution in [0.5, 0.6) is 0 Å². The molecular formula is C14H20F4O3Si. The first kappa shape index (κ1) is 19.1. The number of aryl methyl sites for hydroxylation is 1. The summed E-state index contributed by atoms with van der Waals surface area (Å²) in [5, 5.41) is 0. The predicted molar refractivity (Wildman–Crippen MR) is 75.4 cm³/mol. The Bertz CT molecular complexity index is 487. The van der Waals surface area contributed by atoms with Crippen molar-refractivity contribution in [2.45, 2.75) is 31.7 Å². The lowest BCUT2D eigenvalue weighted by molar-refractivity contribution is 0.122. The van der Waals surface area contributed by atoms with Crippen LogP contribution in [-0.2, 0) is 19.7 Å². The van der Waals surface area contributed by atoms with E-state index in [1.165, 1.54) is 21.3 Å². The summed E-state index contributed by atoms with van der Waals surface area (Å²) in [5.41, 5.74) is -0.162. The molecule has 126 valence electrons. The van der Waals surface area contributed by atoms with Gasteiger partial charge in [-0.3, -0.25) is 0 Å². The molecule has 0 aliphatic rings. The van der Waals surface area contributed by atoms with Crippen LogP contribution in [0.1, 0.15) is 24.8 Å². The van der Waals surface area contributed by atoms with Crippen molar-refractivity contribution >= 4 is 8.80 Å². The summed E-state index contributed by atoms with van der Waals surface area (Å²) in [7, 11) is 1.91. The largest absolute Gasteiger partial charge is 0.500 e. The summed E-state index contributed by atoms with van der Waals surface area (Å²) < 4.78 is 68.2. The van der Waals surface area contributed by atoms with Crippen LogP contribution >= 0.6 is 0 Å². The van der Waals surface area contributed by atoms with Gasteiger partial charge in [0, 0.05) is 27.4 Å². The predicted octanol–water partition coefficient (Wildman–Crippen LogP) is 3.83. The van der Waals surface area contributed by atoms with E-state index in [1.54, 1.807) is 0 Å². The first-order chi connectivity index (χ1) is 10.4. The van der Waals surface area contributed by atoms with Gasteiger partial charge in [-0.25, -0.2) is 17.6 Å².